The van der Waals surface area contributed by atoms with Crippen LogP contribution in [0.3, 0.4) is 0 Å². The van der Waals surface area contributed by atoms with E-state index in [2.05, 4.69) is 42.2 Å². The van der Waals surface area contributed by atoms with Crippen LogP contribution >= 0.6 is 39.9 Å². The Bertz CT molecular complexity index is 674. The third kappa shape index (κ3) is 11.2. The minimum absolute atomic E-state index is 0. The van der Waals surface area contributed by atoms with Gasteiger partial charge in [0.05, 0.1) is 6.54 Å². The highest BCUT2D eigenvalue weighted by molar-refractivity contribution is 14.0. The topological polar surface area (TPSA) is 94.6 Å². The van der Waals surface area contributed by atoms with Crippen molar-refractivity contribution in [3.05, 3.63) is 28.2 Å². The quantitative estimate of drug-likeness (QED) is 0.247. The third-order valence-electron chi connectivity index (χ3n) is 3.27. The minimum Gasteiger partial charge on any atom is -0.356 e. The molecule has 0 radical (unpaired) electrons. The van der Waals surface area contributed by atoms with Gasteiger partial charge in [0.2, 0.25) is 11.8 Å². The Hall–Kier alpha value is -1.36. The van der Waals surface area contributed by atoms with Gasteiger partial charge < -0.3 is 21.3 Å². The average Bonchev–Trinajstić information content (AvgIpc) is 2.52. The van der Waals surface area contributed by atoms with E-state index in [4.69, 9.17) is 0 Å². The van der Waals surface area contributed by atoms with Crippen molar-refractivity contribution in [1.82, 2.24) is 16.0 Å². The second-order valence-corrected chi connectivity index (χ2v) is 7.82. The number of nitrogens with zero attached hydrogens (tertiary/aromatic N) is 1. The molecule has 9 heteroatoms. The molecule has 152 valence electrons. The fraction of sp³-hybridized carbons (Fsp3) is 0.500. The highest BCUT2D eigenvalue weighted by Crippen LogP contribution is 2.20. The summed E-state index contributed by atoms with van der Waals surface area (Å²) in [5, 5.41) is 11.7. The number of rotatable bonds is 6. The van der Waals surface area contributed by atoms with Gasteiger partial charge in [0.15, 0.2) is 5.96 Å². The van der Waals surface area contributed by atoms with Crippen LogP contribution in [0.1, 0.15) is 32.8 Å². The molecule has 0 bridgehead atoms. The van der Waals surface area contributed by atoms with E-state index in [1.54, 1.807) is 7.05 Å². The number of carbonyl (C=O) groups is 2. The molecule has 1 aromatic rings. The summed E-state index contributed by atoms with van der Waals surface area (Å²) in [6.07, 6.45) is 0.279. The highest BCUT2D eigenvalue weighted by Gasteiger charge is 2.13. The normalized spacial score (nSPS) is 11.3. The molecule has 0 aliphatic carbocycles. The lowest BCUT2D eigenvalue weighted by Crippen LogP contribution is -2.48. The molecule has 7 nitrogen and oxygen atoms in total. The molecule has 0 aliphatic rings. The first-order chi connectivity index (χ1) is 12.1. The van der Waals surface area contributed by atoms with E-state index < -0.39 is 0 Å². The number of halogens is 2. The molecule has 1 aromatic carbocycles. The summed E-state index contributed by atoms with van der Waals surface area (Å²) in [6, 6.07) is 5.74. The zero-order chi connectivity index (χ0) is 19.7. The van der Waals surface area contributed by atoms with Gasteiger partial charge in [-0.15, -0.1) is 24.0 Å². The Labute approximate surface area is 186 Å². The molecule has 0 spiro atoms. The molecule has 0 saturated carbocycles. The van der Waals surface area contributed by atoms with E-state index in [1.807, 2.05) is 45.9 Å². The minimum atomic E-state index is -0.279. The van der Waals surface area contributed by atoms with Crippen molar-refractivity contribution >= 4 is 63.4 Å². The second-order valence-electron chi connectivity index (χ2n) is 6.91. The molecule has 27 heavy (non-hydrogen) atoms. The summed E-state index contributed by atoms with van der Waals surface area (Å²) >= 11 is 3.39. The van der Waals surface area contributed by atoms with Gasteiger partial charge in [-0.3, -0.25) is 14.6 Å². The molecule has 0 unspecified atom stereocenters. The van der Waals surface area contributed by atoms with Crippen LogP contribution in [0.2, 0.25) is 0 Å². The molecule has 1 rings (SSSR count). The molecular formula is C18H29BrIN5O2. The van der Waals surface area contributed by atoms with E-state index in [1.165, 1.54) is 0 Å². The van der Waals surface area contributed by atoms with E-state index >= 15 is 0 Å². The standard InChI is InChI=1S/C18H28BrN5O2.HI/c1-12-6-7-13(19)10-14(12)23-15(25)8-9-21-17(20-5)22-11-16(26)24-18(2,3)4;/h6-7,10H,8-9,11H2,1-5H3,(H,23,25)(H,24,26)(H2,20,21,22);1H. The number of nitrogens with one attached hydrogen (secondary N) is 4. The Kier molecular flexibility index (Phi) is 11.6. The first-order valence-electron chi connectivity index (χ1n) is 8.42. The Balaban J connectivity index is 0.00000676. The zero-order valence-corrected chi connectivity index (χ0v) is 20.3. The molecule has 0 saturated heterocycles. The molecule has 0 atom stereocenters. The molecule has 0 fully saturated rings. The summed E-state index contributed by atoms with van der Waals surface area (Å²) in [4.78, 5) is 27.9. The van der Waals surface area contributed by atoms with E-state index in [9.17, 15) is 9.59 Å². The Morgan fingerprint density at radius 1 is 1.15 bits per heavy atom. The van der Waals surface area contributed by atoms with Crippen LogP contribution in [-0.2, 0) is 9.59 Å². The van der Waals surface area contributed by atoms with Crippen LogP contribution < -0.4 is 21.3 Å². The molecule has 0 aliphatic heterocycles. The molecule has 4 N–H and O–H groups in total. The number of guanidine groups is 1. The van der Waals surface area contributed by atoms with Gasteiger partial charge in [-0.2, -0.15) is 0 Å². The van der Waals surface area contributed by atoms with Gasteiger partial charge in [-0.1, -0.05) is 22.0 Å². The number of benzene rings is 1. The van der Waals surface area contributed by atoms with Crippen molar-refractivity contribution in [3.8, 4) is 0 Å². The van der Waals surface area contributed by atoms with Crippen LogP contribution in [0.15, 0.2) is 27.7 Å². The van der Waals surface area contributed by atoms with E-state index in [0.717, 1.165) is 15.7 Å². The largest absolute Gasteiger partial charge is 0.356 e. The fourth-order valence-electron chi connectivity index (χ4n) is 2.08. The predicted molar refractivity (Wildman–Crippen MR) is 125 cm³/mol. The van der Waals surface area contributed by atoms with Crippen LogP contribution in [-0.4, -0.2) is 43.5 Å². The maximum absolute atomic E-state index is 12.1. The first kappa shape index (κ1) is 25.6. The van der Waals surface area contributed by atoms with Crippen molar-refractivity contribution in [3.63, 3.8) is 0 Å². The van der Waals surface area contributed by atoms with Crippen molar-refractivity contribution < 1.29 is 9.59 Å². The third-order valence-corrected chi connectivity index (χ3v) is 3.77. The average molecular weight is 554 g/mol. The second kappa shape index (κ2) is 12.2. The van der Waals surface area contributed by atoms with Gasteiger partial charge in [0, 0.05) is 35.7 Å². The summed E-state index contributed by atoms with van der Waals surface area (Å²) in [5.74, 6) is 0.253. The molecule has 0 heterocycles. The summed E-state index contributed by atoms with van der Waals surface area (Å²) in [7, 11) is 1.61. The number of aliphatic imine (C=N–C) groups is 1. The van der Waals surface area contributed by atoms with Crippen LogP contribution in [0, 0.1) is 6.92 Å². The van der Waals surface area contributed by atoms with Crippen LogP contribution in [0.4, 0.5) is 5.69 Å². The lowest BCUT2D eigenvalue weighted by atomic mass is 10.1. The van der Waals surface area contributed by atoms with Crippen molar-refractivity contribution in [2.75, 3.05) is 25.5 Å². The number of aryl methyl sites for hydroxylation is 1. The van der Waals surface area contributed by atoms with E-state index in [-0.39, 0.29) is 54.3 Å². The summed E-state index contributed by atoms with van der Waals surface area (Å²) in [6.45, 7) is 8.21. The van der Waals surface area contributed by atoms with Gasteiger partial charge >= 0.3 is 0 Å². The Morgan fingerprint density at radius 3 is 2.41 bits per heavy atom. The number of hydrogen-bond acceptors (Lipinski definition) is 3. The lowest BCUT2D eigenvalue weighted by molar-refractivity contribution is -0.121. The van der Waals surface area contributed by atoms with Crippen molar-refractivity contribution in [1.29, 1.82) is 0 Å². The fourth-order valence-corrected chi connectivity index (χ4v) is 2.44. The smallest absolute Gasteiger partial charge is 0.239 e. The molecule has 2 amide bonds. The molecule has 0 aromatic heterocycles. The first-order valence-corrected chi connectivity index (χ1v) is 9.21. The highest BCUT2D eigenvalue weighted by atomic mass is 127. The van der Waals surface area contributed by atoms with E-state index in [0.29, 0.717) is 12.5 Å². The van der Waals surface area contributed by atoms with Crippen molar-refractivity contribution in [2.45, 2.75) is 39.7 Å². The van der Waals surface area contributed by atoms with Gasteiger partial charge in [-0.25, -0.2) is 0 Å². The number of anilines is 1. The van der Waals surface area contributed by atoms with Gasteiger partial charge in [0.25, 0.3) is 0 Å². The maximum atomic E-state index is 12.1. The number of amides is 2. The summed E-state index contributed by atoms with van der Waals surface area (Å²) in [5.41, 5.74) is 1.50. The Morgan fingerprint density at radius 2 is 1.81 bits per heavy atom. The number of hydrogen-bond donors (Lipinski definition) is 4. The SMILES string of the molecule is CN=C(NCCC(=O)Nc1cc(Br)ccc1C)NCC(=O)NC(C)(C)C.I. The summed E-state index contributed by atoms with van der Waals surface area (Å²) < 4.78 is 0.912. The van der Waals surface area contributed by atoms with Crippen LogP contribution in [0.25, 0.3) is 0 Å². The number of carbonyl (C=O) groups excluding carboxylic acids is 2. The molecular weight excluding hydrogens is 525 g/mol. The monoisotopic (exact) mass is 553 g/mol. The van der Waals surface area contributed by atoms with Crippen molar-refractivity contribution in [2.24, 2.45) is 4.99 Å². The van der Waals surface area contributed by atoms with Crippen LogP contribution in [0.5, 0.6) is 0 Å². The lowest BCUT2D eigenvalue weighted by Gasteiger charge is -2.21. The zero-order valence-electron chi connectivity index (χ0n) is 16.4. The van der Waals surface area contributed by atoms with Gasteiger partial charge in [-0.05, 0) is 45.4 Å². The maximum Gasteiger partial charge on any atom is 0.239 e. The van der Waals surface area contributed by atoms with Gasteiger partial charge in [0.1, 0.15) is 0 Å². The predicted octanol–water partition coefficient (Wildman–Crippen LogP) is 2.78.